The van der Waals surface area contributed by atoms with E-state index in [1.54, 1.807) is 12.4 Å². The number of aliphatic hydroxyl groups excluding tert-OH is 1. The Labute approximate surface area is 124 Å². The maximum Gasteiger partial charge on any atom is 0.253 e. The van der Waals surface area contributed by atoms with Crippen LogP contribution in [0.15, 0.2) is 42.7 Å². The van der Waals surface area contributed by atoms with Crippen LogP contribution in [-0.4, -0.2) is 28.6 Å². The zero-order valence-electron chi connectivity index (χ0n) is 12.3. The van der Waals surface area contributed by atoms with Crippen molar-refractivity contribution in [3.63, 3.8) is 0 Å². The van der Waals surface area contributed by atoms with E-state index in [2.05, 4.69) is 16.4 Å². The molecule has 2 rings (SSSR count). The van der Waals surface area contributed by atoms with Crippen LogP contribution in [0.4, 0.5) is 0 Å². The van der Waals surface area contributed by atoms with Crippen molar-refractivity contribution in [3.05, 3.63) is 53.9 Å². The van der Waals surface area contributed by atoms with E-state index in [1.807, 2.05) is 38.1 Å². The van der Waals surface area contributed by atoms with Gasteiger partial charge in [-0.2, -0.15) is 0 Å². The number of hydrogen-bond donors (Lipinski definition) is 2. The third-order valence-electron chi connectivity index (χ3n) is 3.40. The maximum atomic E-state index is 12.2. The molecule has 0 aliphatic carbocycles. The lowest BCUT2D eigenvalue weighted by Gasteiger charge is -2.14. The molecular formula is C17H20N2O2. The van der Waals surface area contributed by atoms with Crippen molar-refractivity contribution < 1.29 is 9.90 Å². The Morgan fingerprint density at radius 3 is 2.76 bits per heavy atom. The smallest absolute Gasteiger partial charge is 0.253 e. The van der Waals surface area contributed by atoms with Crippen LogP contribution in [0.3, 0.4) is 0 Å². The highest BCUT2D eigenvalue weighted by Gasteiger charge is 2.12. The van der Waals surface area contributed by atoms with Crippen LogP contribution in [0, 0.1) is 6.92 Å². The van der Waals surface area contributed by atoms with Crippen molar-refractivity contribution in [2.45, 2.75) is 26.3 Å². The Balaban J connectivity index is 2.23. The van der Waals surface area contributed by atoms with Crippen LogP contribution in [0.1, 0.15) is 29.3 Å². The summed E-state index contributed by atoms with van der Waals surface area (Å²) in [5.41, 5.74) is 3.60. The number of nitrogens with one attached hydrogen (secondary N) is 1. The van der Waals surface area contributed by atoms with Gasteiger partial charge in [0.15, 0.2) is 0 Å². The summed E-state index contributed by atoms with van der Waals surface area (Å²) in [5, 5.41) is 11.9. The number of rotatable bonds is 5. The zero-order chi connectivity index (χ0) is 15.2. The molecule has 1 aromatic carbocycles. The molecule has 4 heteroatoms. The van der Waals surface area contributed by atoms with E-state index >= 15 is 0 Å². The second-order valence-corrected chi connectivity index (χ2v) is 5.09. The summed E-state index contributed by atoms with van der Waals surface area (Å²) in [5.74, 6) is -0.210. The van der Waals surface area contributed by atoms with Gasteiger partial charge in [0.25, 0.3) is 5.91 Å². The summed E-state index contributed by atoms with van der Waals surface area (Å²) in [6.07, 6.45) is 3.97. The van der Waals surface area contributed by atoms with E-state index in [0.717, 1.165) is 16.7 Å². The van der Waals surface area contributed by atoms with Gasteiger partial charge in [-0.05, 0) is 25.0 Å². The monoisotopic (exact) mass is 284 g/mol. The Hall–Kier alpha value is -2.20. The first-order valence-corrected chi connectivity index (χ1v) is 7.08. The molecule has 0 fully saturated rings. The van der Waals surface area contributed by atoms with Gasteiger partial charge in [0.1, 0.15) is 0 Å². The molecular weight excluding hydrogens is 264 g/mol. The average Bonchev–Trinajstić information content (AvgIpc) is 2.52. The normalized spacial score (nSPS) is 12.0. The molecule has 0 spiro atoms. The molecule has 0 aliphatic heterocycles. The highest BCUT2D eigenvalue weighted by atomic mass is 16.3. The quantitative estimate of drug-likeness (QED) is 0.887. The van der Waals surface area contributed by atoms with Gasteiger partial charge in [0.05, 0.1) is 18.2 Å². The lowest BCUT2D eigenvalue weighted by Crippen LogP contribution is -2.36. The first-order valence-electron chi connectivity index (χ1n) is 7.08. The van der Waals surface area contributed by atoms with Gasteiger partial charge in [-0.1, -0.05) is 36.8 Å². The molecule has 21 heavy (non-hydrogen) atoms. The van der Waals surface area contributed by atoms with E-state index < -0.39 is 0 Å². The van der Waals surface area contributed by atoms with Gasteiger partial charge in [0, 0.05) is 18.0 Å². The largest absolute Gasteiger partial charge is 0.394 e. The number of carbonyl (C=O) groups is 1. The van der Waals surface area contributed by atoms with Crippen LogP contribution in [0.2, 0.25) is 0 Å². The number of aliphatic hydroxyl groups is 1. The topological polar surface area (TPSA) is 62.2 Å². The molecule has 1 amide bonds. The van der Waals surface area contributed by atoms with Crippen LogP contribution in [0.25, 0.3) is 11.1 Å². The van der Waals surface area contributed by atoms with Crippen LogP contribution in [0.5, 0.6) is 0 Å². The molecule has 1 atom stereocenters. The average molecular weight is 284 g/mol. The summed E-state index contributed by atoms with van der Waals surface area (Å²) in [6.45, 7) is 3.89. The predicted octanol–water partition coefficient (Wildman–Crippen LogP) is 2.56. The number of nitrogens with zero attached hydrogens (tertiary/aromatic N) is 1. The number of pyridine rings is 1. The van der Waals surface area contributed by atoms with Crippen LogP contribution in [-0.2, 0) is 0 Å². The maximum absolute atomic E-state index is 12.2. The second-order valence-electron chi connectivity index (χ2n) is 5.09. The summed E-state index contributed by atoms with van der Waals surface area (Å²) in [6, 6.07) is 9.66. The van der Waals surface area contributed by atoms with Crippen molar-refractivity contribution in [3.8, 4) is 11.1 Å². The summed E-state index contributed by atoms with van der Waals surface area (Å²) in [4.78, 5) is 16.3. The number of carbonyl (C=O) groups excluding carboxylic acids is 1. The number of benzene rings is 1. The second kappa shape index (κ2) is 6.99. The minimum atomic E-state index is -0.222. The van der Waals surface area contributed by atoms with E-state index in [0.29, 0.717) is 12.0 Å². The van der Waals surface area contributed by atoms with Crippen LogP contribution >= 0.6 is 0 Å². The van der Waals surface area contributed by atoms with E-state index in [-0.39, 0.29) is 18.6 Å². The van der Waals surface area contributed by atoms with Crippen molar-refractivity contribution >= 4 is 5.91 Å². The fourth-order valence-electron chi connectivity index (χ4n) is 2.09. The standard InChI is InChI=1S/C17H20N2O2/c1-3-16(11-20)19-17(21)15-8-14(9-18-10-15)13-6-4-5-12(2)7-13/h4-10,16,20H,3,11H2,1-2H3,(H,19,21)/t16-/m1/s1. The molecule has 0 radical (unpaired) electrons. The highest BCUT2D eigenvalue weighted by molar-refractivity contribution is 5.95. The molecule has 1 heterocycles. The molecule has 2 aromatic rings. The first-order chi connectivity index (χ1) is 10.1. The molecule has 0 saturated carbocycles. The molecule has 2 N–H and O–H groups in total. The van der Waals surface area contributed by atoms with Gasteiger partial charge in [-0.15, -0.1) is 0 Å². The SMILES string of the molecule is CC[C@H](CO)NC(=O)c1cncc(-c2cccc(C)c2)c1. The van der Waals surface area contributed by atoms with E-state index in [1.165, 1.54) is 0 Å². The zero-order valence-corrected chi connectivity index (χ0v) is 12.3. The van der Waals surface area contributed by atoms with Gasteiger partial charge in [-0.3, -0.25) is 9.78 Å². The van der Waals surface area contributed by atoms with Gasteiger partial charge < -0.3 is 10.4 Å². The number of aromatic nitrogens is 1. The molecule has 4 nitrogen and oxygen atoms in total. The van der Waals surface area contributed by atoms with Gasteiger partial charge in [-0.25, -0.2) is 0 Å². The Bertz CT molecular complexity index is 622. The lowest BCUT2D eigenvalue weighted by molar-refractivity contribution is 0.0914. The van der Waals surface area contributed by atoms with E-state index in [9.17, 15) is 4.79 Å². The molecule has 0 bridgehead atoms. The number of amides is 1. The minimum absolute atomic E-state index is 0.0623. The molecule has 0 aliphatic rings. The summed E-state index contributed by atoms with van der Waals surface area (Å²) >= 11 is 0. The molecule has 1 aromatic heterocycles. The number of aryl methyl sites for hydroxylation is 1. The van der Waals surface area contributed by atoms with Crippen molar-refractivity contribution in [2.24, 2.45) is 0 Å². The third kappa shape index (κ3) is 3.89. The van der Waals surface area contributed by atoms with Crippen molar-refractivity contribution in [2.75, 3.05) is 6.61 Å². The minimum Gasteiger partial charge on any atom is -0.394 e. The number of hydrogen-bond acceptors (Lipinski definition) is 3. The summed E-state index contributed by atoms with van der Waals surface area (Å²) < 4.78 is 0. The lowest BCUT2D eigenvalue weighted by atomic mass is 10.0. The van der Waals surface area contributed by atoms with Crippen LogP contribution < -0.4 is 5.32 Å². The van der Waals surface area contributed by atoms with Gasteiger partial charge in [0.2, 0.25) is 0 Å². The summed E-state index contributed by atoms with van der Waals surface area (Å²) in [7, 11) is 0. The van der Waals surface area contributed by atoms with E-state index in [4.69, 9.17) is 5.11 Å². The van der Waals surface area contributed by atoms with Gasteiger partial charge >= 0.3 is 0 Å². The Kier molecular flexibility index (Phi) is 5.06. The molecule has 110 valence electrons. The first kappa shape index (κ1) is 15.2. The molecule has 0 saturated heterocycles. The predicted molar refractivity (Wildman–Crippen MR) is 83.0 cm³/mol. The third-order valence-corrected chi connectivity index (χ3v) is 3.40. The fraction of sp³-hybridized carbons (Fsp3) is 0.294. The van der Waals surface area contributed by atoms with Crippen molar-refractivity contribution in [1.29, 1.82) is 0 Å². The highest BCUT2D eigenvalue weighted by Crippen LogP contribution is 2.20. The fourth-order valence-corrected chi connectivity index (χ4v) is 2.09. The van der Waals surface area contributed by atoms with Crippen molar-refractivity contribution in [1.82, 2.24) is 10.3 Å². The Morgan fingerprint density at radius 2 is 2.10 bits per heavy atom. The Morgan fingerprint density at radius 1 is 1.29 bits per heavy atom. The molecule has 0 unspecified atom stereocenters.